The fourth-order valence-electron chi connectivity index (χ4n) is 2.37. The SMILES string of the molecule is CN=C(NCC(C)(C)SC)N1CCN(c2cnn(C)c2)C(=O)C1.I. The van der Waals surface area contributed by atoms with Crippen LogP contribution in [-0.2, 0) is 11.8 Å². The van der Waals surface area contributed by atoms with Crippen LogP contribution >= 0.6 is 35.7 Å². The number of guanidine groups is 1. The first kappa shape index (κ1) is 21.1. The van der Waals surface area contributed by atoms with Gasteiger partial charge in [-0.3, -0.25) is 14.5 Å². The van der Waals surface area contributed by atoms with Crippen molar-refractivity contribution in [1.82, 2.24) is 20.0 Å². The monoisotopic (exact) mass is 466 g/mol. The third kappa shape index (κ3) is 5.27. The Morgan fingerprint density at radius 2 is 2.17 bits per heavy atom. The number of hydrogen-bond acceptors (Lipinski definition) is 4. The summed E-state index contributed by atoms with van der Waals surface area (Å²) in [6, 6.07) is 0. The molecule has 1 saturated heterocycles. The second-order valence-electron chi connectivity index (χ2n) is 6.20. The first-order valence-electron chi connectivity index (χ1n) is 7.66. The van der Waals surface area contributed by atoms with E-state index in [0.29, 0.717) is 13.1 Å². The fraction of sp³-hybridized carbons (Fsp3) is 0.667. The van der Waals surface area contributed by atoms with E-state index in [4.69, 9.17) is 0 Å². The zero-order valence-electron chi connectivity index (χ0n) is 14.9. The predicted molar refractivity (Wildman–Crippen MR) is 112 cm³/mol. The molecule has 0 aliphatic carbocycles. The molecule has 0 spiro atoms. The van der Waals surface area contributed by atoms with Crippen LogP contribution in [0, 0.1) is 0 Å². The normalized spacial score (nSPS) is 16.2. The van der Waals surface area contributed by atoms with E-state index >= 15 is 0 Å². The minimum atomic E-state index is 0. The topological polar surface area (TPSA) is 65.8 Å². The quantitative estimate of drug-likeness (QED) is 0.413. The zero-order chi connectivity index (χ0) is 17.0. The number of halogens is 1. The highest BCUT2D eigenvalue weighted by Gasteiger charge is 2.28. The Kier molecular flexibility index (Phi) is 7.84. The molecule has 1 N–H and O–H groups in total. The van der Waals surface area contributed by atoms with Crippen molar-refractivity contribution in [3.05, 3.63) is 12.4 Å². The summed E-state index contributed by atoms with van der Waals surface area (Å²) in [7, 11) is 3.61. The predicted octanol–water partition coefficient (Wildman–Crippen LogP) is 1.40. The van der Waals surface area contributed by atoms with E-state index in [1.807, 2.05) is 18.1 Å². The second kappa shape index (κ2) is 8.93. The number of aromatic nitrogens is 2. The Bertz CT molecular complexity index is 588. The molecule has 0 aromatic carbocycles. The number of aryl methyl sites for hydroxylation is 1. The molecule has 1 fully saturated rings. The van der Waals surface area contributed by atoms with Gasteiger partial charge in [0.25, 0.3) is 0 Å². The van der Waals surface area contributed by atoms with Gasteiger partial charge in [0.05, 0.1) is 11.9 Å². The number of amides is 1. The van der Waals surface area contributed by atoms with E-state index in [9.17, 15) is 4.79 Å². The van der Waals surface area contributed by atoms with E-state index < -0.39 is 0 Å². The number of aliphatic imine (C=N–C) groups is 1. The van der Waals surface area contributed by atoms with Gasteiger partial charge in [0, 0.05) is 44.7 Å². The maximum atomic E-state index is 12.5. The van der Waals surface area contributed by atoms with Gasteiger partial charge in [0.15, 0.2) is 5.96 Å². The third-order valence-electron chi connectivity index (χ3n) is 3.96. The van der Waals surface area contributed by atoms with Crippen LogP contribution in [-0.4, -0.2) is 70.8 Å². The van der Waals surface area contributed by atoms with Gasteiger partial charge >= 0.3 is 0 Å². The molecule has 136 valence electrons. The van der Waals surface area contributed by atoms with Crippen LogP contribution in [0.1, 0.15) is 13.8 Å². The number of carbonyl (C=O) groups is 1. The summed E-state index contributed by atoms with van der Waals surface area (Å²) in [6.45, 7) is 6.89. The molecule has 0 saturated carbocycles. The molecule has 0 atom stereocenters. The highest BCUT2D eigenvalue weighted by molar-refractivity contribution is 14.0. The Morgan fingerprint density at radius 3 is 2.67 bits per heavy atom. The first-order chi connectivity index (χ1) is 10.9. The van der Waals surface area contributed by atoms with Gasteiger partial charge < -0.3 is 15.1 Å². The van der Waals surface area contributed by atoms with E-state index in [2.05, 4.69) is 35.5 Å². The molecule has 1 aliphatic heterocycles. The number of rotatable bonds is 4. The van der Waals surface area contributed by atoms with E-state index in [1.165, 1.54) is 0 Å². The average molecular weight is 466 g/mol. The van der Waals surface area contributed by atoms with Crippen molar-refractivity contribution >= 4 is 53.3 Å². The summed E-state index contributed by atoms with van der Waals surface area (Å²) in [5.41, 5.74) is 0.851. The number of hydrogen-bond donors (Lipinski definition) is 1. The molecular weight excluding hydrogens is 439 g/mol. The minimum Gasteiger partial charge on any atom is -0.355 e. The fourth-order valence-corrected chi connectivity index (χ4v) is 2.59. The minimum absolute atomic E-state index is 0. The van der Waals surface area contributed by atoms with E-state index in [-0.39, 0.29) is 34.6 Å². The Hall–Kier alpha value is -0.970. The van der Waals surface area contributed by atoms with Gasteiger partial charge in [-0.05, 0) is 20.1 Å². The lowest BCUT2D eigenvalue weighted by atomic mass is 10.2. The standard InChI is InChI=1S/C15H26N6OS.HI/c1-15(2,23-5)11-17-14(16-3)20-6-7-21(13(22)10-20)12-8-18-19(4)9-12;/h8-9H,6-7,10-11H2,1-5H3,(H,16,17);1H. The number of piperazine rings is 1. The lowest BCUT2D eigenvalue weighted by molar-refractivity contribution is -0.120. The Balaban J connectivity index is 0.00000288. The lowest BCUT2D eigenvalue weighted by Crippen LogP contribution is -2.56. The average Bonchev–Trinajstić information content (AvgIpc) is 2.94. The third-order valence-corrected chi connectivity index (χ3v) is 5.21. The van der Waals surface area contributed by atoms with Crippen LogP contribution in [0.3, 0.4) is 0 Å². The van der Waals surface area contributed by atoms with Crippen LogP contribution in [0.2, 0.25) is 0 Å². The maximum absolute atomic E-state index is 12.5. The molecule has 0 bridgehead atoms. The van der Waals surface area contributed by atoms with Crippen molar-refractivity contribution in [3.63, 3.8) is 0 Å². The van der Waals surface area contributed by atoms with Gasteiger partial charge in [-0.1, -0.05) is 0 Å². The number of nitrogens with one attached hydrogen (secondary N) is 1. The van der Waals surface area contributed by atoms with Crippen molar-refractivity contribution in [2.24, 2.45) is 12.0 Å². The summed E-state index contributed by atoms with van der Waals surface area (Å²) in [5, 5.41) is 7.51. The largest absolute Gasteiger partial charge is 0.355 e. The molecule has 2 heterocycles. The summed E-state index contributed by atoms with van der Waals surface area (Å²) < 4.78 is 1.83. The van der Waals surface area contributed by atoms with Crippen molar-refractivity contribution < 1.29 is 4.79 Å². The van der Waals surface area contributed by atoms with Crippen LogP contribution in [0.25, 0.3) is 0 Å². The van der Waals surface area contributed by atoms with Crippen LogP contribution in [0.5, 0.6) is 0 Å². The molecule has 1 aromatic heterocycles. The highest BCUT2D eigenvalue weighted by atomic mass is 127. The second-order valence-corrected chi connectivity index (χ2v) is 7.72. The smallest absolute Gasteiger partial charge is 0.246 e. The van der Waals surface area contributed by atoms with E-state index in [0.717, 1.165) is 24.7 Å². The molecule has 1 aliphatic rings. The Labute approximate surface area is 165 Å². The van der Waals surface area contributed by atoms with Gasteiger partial charge in [-0.2, -0.15) is 16.9 Å². The summed E-state index contributed by atoms with van der Waals surface area (Å²) in [6.07, 6.45) is 5.68. The van der Waals surface area contributed by atoms with Gasteiger partial charge in [0.1, 0.15) is 6.54 Å². The van der Waals surface area contributed by atoms with Crippen LogP contribution < -0.4 is 10.2 Å². The first-order valence-corrected chi connectivity index (χ1v) is 8.88. The van der Waals surface area contributed by atoms with Gasteiger partial charge in [-0.25, -0.2) is 0 Å². The number of thioether (sulfide) groups is 1. The molecule has 2 rings (SSSR count). The molecule has 1 aromatic rings. The molecule has 24 heavy (non-hydrogen) atoms. The van der Waals surface area contributed by atoms with Gasteiger partial charge in [0.2, 0.25) is 5.91 Å². The van der Waals surface area contributed by atoms with E-state index in [1.54, 1.807) is 34.6 Å². The number of nitrogens with zero attached hydrogens (tertiary/aromatic N) is 5. The molecule has 7 nitrogen and oxygen atoms in total. The zero-order valence-corrected chi connectivity index (χ0v) is 18.1. The van der Waals surface area contributed by atoms with Crippen LogP contribution in [0.4, 0.5) is 5.69 Å². The van der Waals surface area contributed by atoms with Crippen molar-refractivity contribution in [3.8, 4) is 0 Å². The number of carbonyl (C=O) groups excluding carboxylic acids is 1. The molecule has 9 heteroatoms. The van der Waals surface area contributed by atoms with Crippen molar-refractivity contribution in [2.75, 3.05) is 44.4 Å². The highest BCUT2D eigenvalue weighted by Crippen LogP contribution is 2.20. The van der Waals surface area contributed by atoms with Crippen molar-refractivity contribution in [2.45, 2.75) is 18.6 Å². The van der Waals surface area contributed by atoms with Crippen molar-refractivity contribution in [1.29, 1.82) is 0 Å². The Morgan fingerprint density at radius 1 is 1.46 bits per heavy atom. The summed E-state index contributed by atoms with van der Waals surface area (Å²) >= 11 is 1.81. The molecule has 1 amide bonds. The molecule has 0 radical (unpaired) electrons. The number of anilines is 1. The molecule has 0 unspecified atom stereocenters. The van der Waals surface area contributed by atoms with Crippen LogP contribution in [0.15, 0.2) is 17.4 Å². The van der Waals surface area contributed by atoms with Gasteiger partial charge in [-0.15, -0.1) is 24.0 Å². The lowest BCUT2D eigenvalue weighted by Gasteiger charge is -2.36. The maximum Gasteiger partial charge on any atom is 0.246 e. The summed E-state index contributed by atoms with van der Waals surface area (Å²) in [5.74, 6) is 0.850. The molecular formula is C15H27IN6OS. The summed E-state index contributed by atoms with van der Waals surface area (Å²) in [4.78, 5) is 20.6.